The molecular formula is C22H16F4N6O2. The number of halogens is 4. The van der Waals surface area contributed by atoms with Gasteiger partial charge in [0.15, 0.2) is 5.75 Å². The Morgan fingerprint density at radius 3 is 2.74 bits per heavy atom. The summed E-state index contributed by atoms with van der Waals surface area (Å²) in [4.78, 5) is 19.7. The van der Waals surface area contributed by atoms with Crippen LogP contribution in [0.15, 0.2) is 42.6 Å². The number of aryl methyl sites for hydroxylation is 1. The van der Waals surface area contributed by atoms with Gasteiger partial charge in [-0.05, 0) is 36.4 Å². The Kier molecular flexibility index (Phi) is 5.95. The first-order valence-electron chi connectivity index (χ1n) is 9.72. The van der Waals surface area contributed by atoms with Gasteiger partial charge < -0.3 is 25.7 Å². The van der Waals surface area contributed by atoms with E-state index in [0.29, 0.717) is 28.9 Å². The van der Waals surface area contributed by atoms with Crippen molar-refractivity contribution in [3.8, 4) is 11.5 Å². The molecule has 2 heterocycles. The number of pyridine rings is 1. The van der Waals surface area contributed by atoms with Gasteiger partial charge in [-0.1, -0.05) is 0 Å². The van der Waals surface area contributed by atoms with Crippen LogP contribution in [0.5, 0.6) is 11.5 Å². The average Bonchev–Trinajstić information content (AvgIpc) is 3.09. The van der Waals surface area contributed by atoms with Gasteiger partial charge in [-0.3, -0.25) is 4.79 Å². The number of ether oxygens (including phenoxy) is 1. The van der Waals surface area contributed by atoms with Crippen LogP contribution in [0.3, 0.4) is 0 Å². The number of nitrogens with one attached hydrogen (secondary N) is 2. The molecule has 4 aromatic rings. The van der Waals surface area contributed by atoms with Crippen LogP contribution in [0.25, 0.3) is 11.0 Å². The number of amides is 1. The molecule has 2 aromatic heterocycles. The van der Waals surface area contributed by atoms with Crippen LogP contribution in [-0.4, -0.2) is 27.0 Å². The molecule has 12 heteroatoms. The Labute approximate surface area is 190 Å². The lowest BCUT2D eigenvalue weighted by Gasteiger charge is -2.11. The van der Waals surface area contributed by atoms with Gasteiger partial charge >= 0.3 is 6.18 Å². The molecule has 0 saturated heterocycles. The third kappa shape index (κ3) is 4.84. The Morgan fingerprint density at radius 1 is 1.21 bits per heavy atom. The van der Waals surface area contributed by atoms with Crippen molar-refractivity contribution in [2.45, 2.75) is 6.18 Å². The number of carbonyl (C=O) groups is 1. The Bertz CT molecular complexity index is 1370. The topological polar surface area (TPSA) is 107 Å². The number of carbonyl (C=O) groups excluding carboxylic acids is 1. The lowest BCUT2D eigenvalue weighted by Crippen LogP contribution is -2.22. The molecule has 34 heavy (non-hydrogen) atoms. The molecule has 1 amide bonds. The fraction of sp³-hybridized carbons (Fsp3) is 0.136. The zero-order valence-electron chi connectivity index (χ0n) is 17.5. The van der Waals surface area contributed by atoms with E-state index in [9.17, 15) is 22.4 Å². The minimum atomic E-state index is -4.62. The van der Waals surface area contributed by atoms with Gasteiger partial charge in [0.05, 0.1) is 17.8 Å². The number of rotatable bonds is 6. The molecule has 0 spiro atoms. The molecule has 0 aliphatic rings. The van der Waals surface area contributed by atoms with Gasteiger partial charge in [-0.15, -0.1) is 0 Å². The first-order chi connectivity index (χ1) is 16.1. The summed E-state index contributed by atoms with van der Waals surface area (Å²) in [5, 5.41) is 5.09. The van der Waals surface area contributed by atoms with Crippen molar-refractivity contribution in [2.75, 3.05) is 17.2 Å². The summed E-state index contributed by atoms with van der Waals surface area (Å²) in [6, 6.07) is 12.3. The van der Waals surface area contributed by atoms with Crippen LogP contribution >= 0.6 is 0 Å². The second-order valence-electron chi connectivity index (χ2n) is 7.04. The summed E-state index contributed by atoms with van der Waals surface area (Å²) in [6.45, 7) is -0.202. The van der Waals surface area contributed by atoms with Crippen LogP contribution in [0.2, 0.25) is 0 Å². The maximum Gasteiger partial charge on any atom is 0.416 e. The van der Waals surface area contributed by atoms with Crippen LogP contribution < -0.4 is 21.1 Å². The summed E-state index contributed by atoms with van der Waals surface area (Å²) >= 11 is 0. The second kappa shape index (κ2) is 8.87. The highest BCUT2D eigenvalue weighted by Crippen LogP contribution is 2.33. The Hall–Kier alpha value is -4.37. The van der Waals surface area contributed by atoms with Gasteiger partial charge in [0.1, 0.15) is 28.4 Å². The fourth-order valence-corrected chi connectivity index (χ4v) is 3.00. The number of fused-ring (bicyclic) bond motifs is 1. The van der Waals surface area contributed by atoms with Crippen LogP contribution in [0.1, 0.15) is 5.56 Å². The highest BCUT2D eigenvalue weighted by Gasteiger charge is 2.31. The molecular weight excluding hydrogens is 456 g/mol. The highest BCUT2D eigenvalue weighted by molar-refractivity contribution is 5.91. The van der Waals surface area contributed by atoms with Gasteiger partial charge in [0.25, 0.3) is 0 Å². The summed E-state index contributed by atoms with van der Waals surface area (Å²) in [5.41, 5.74) is 4.72. The lowest BCUT2D eigenvalue weighted by molar-refractivity contribution is -0.137. The molecule has 2 aromatic carbocycles. The zero-order valence-corrected chi connectivity index (χ0v) is 17.5. The Morgan fingerprint density at radius 2 is 2.00 bits per heavy atom. The normalized spacial score (nSPS) is 11.2. The predicted octanol–water partition coefficient (Wildman–Crippen LogP) is 4.16. The van der Waals surface area contributed by atoms with E-state index in [1.165, 1.54) is 22.9 Å². The molecule has 4 rings (SSSR count). The summed E-state index contributed by atoms with van der Waals surface area (Å²) in [5.74, 6) is -0.390. The lowest BCUT2D eigenvalue weighted by atomic mass is 10.2. The number of aromatic nitrogens is 3. The number of imidazole rings is 1. The van der Waals surface area contributed by atoms with Crippen LogP contribution in [0.4, 0.5) is 35.0 Å². The first kappa shape index (κ1) is 22.8. The molecule has 0 radical (unpaired) electrons. The fourth-order valence-electron chi connectivity index (χ4n) is 3.00. The standard InChI is InChI=1S/C22H16F4N6O2/c1-32-18-5-3-13(34-14-6-7-28-19(10-14)31-20(33)11-27)9-17(18)30-21(32)29-16-8-12(22(24,25)26)2-4-15(16)23/h2,4,6-10H,11,27H2,1H3,(H,29,30)(H,28,31,33). The quantitative estimate of drug-likeness (QED) is 0.364. The number of alkyl halides is 3. The summed E-state index contributed by atoms with van der Waals surface area (Å²) in [6.07, 6.45) is -3.19. The molecule has 0 aliphatic heterocycles. The van der Waals surface area contributed by atoms with Crippen molar-refractivity contribution in [1.29, 1.82) is 0 Å². The SMILES string of the molecule is Cn1c(Nc2cc(C(F)(F)F)ccc2F)nc2cc(Oc3ccnc(NC(=O)CN)c3)c#cc21. The Balaban J connectivity index is 1.59. The van der Waals surface area contributed by atoms with Crippen LogP contribution in [0, 0.1) is 17.9 Å². The number of anilines is 3. The molecule has 174 valence electrons. The minimum Gasteiger partial charge on any atom is -0.448 e. The molecule has 8 nitrogen and oxygen atoms in total. The number of hydrogen-bond acceptors (Lipinski definition) is 6. The minimum absolute atomic E-state index is 0.0886. The van der Waals surface area contributed by atoms with Gasteiger partial charge in [0, 0.05) is 25.4 Å². The van der Waals surface area contributed by atoms with E-state index in [2.05, 4.69) is 32.7 Å². The van der Waals surface area contributed by atoms with E-state index in [1.54, 1.807) is 13.1 Å². The average molecular weight is 472 g/mol. The third-order valence-corrected chi connectivity index (χ3v) is 4.65. The molecule has 0 atom stereocenters. The first-order valence-corrected chi connectivity index (χ1v) is 9.72. The zero-order chi connectivity index (χ0) is 24.5. The van der Waals surface area contributed by atoms with E-state index in [-0.39, 0.29) is 29.7 Å². The van der Waals surface area contributed by atoms with Gasteiger partial charge in [0.2, 0.25) is 11.9 Å². The monoisotopic (exact) mass is 472 g/mol. The maximum atomic E-state index is 14.1. The molecule has 0 aliphatic carbocycles. The highest BCUT2D eigenvalue weighted by atomic mass is 19.4. The third-order valence-electron chi connectivity index (χ3n) is 4.65. The van der Waals surface area contributed by atoms with Crippen molar-refractivity contribution in [3.63, 3.8) is 0 Å². The van der Waals surface area contributed by atoms with Crippen molar-refractivity contribution < 1.29 is 27.1 Å². The number of nitrogens with two attached hydrogens (primary N) is 1. The summed E-state index contributed by atoms with van der Waals surface area (Å²) in [7, 11) is 1.59. The molecule has 0 fully saturated rings. The number of nitrogens with zero attached hydrogens (tertiary/aromatic N) is 3. The van der Waals surface area contributed by atoms with E-state index in [4.69, 9.17) is 10.5 Å². The molecule has 4 N–H and O–H groups in total. The molecule has 0 saturated carbocycles. The van der Waals surface area contributed by atoms with Crippen molar-refractivity contribution >= 4 is 34.4 Å². The second-order valence-corrected chi connectivity index (χ2v) is 7.04. The van der Waals surface area contributed by atoms with E-state index in [1.807, 2.05) is 0 Å². The van der Waals surface area contributed by atoms with Gasteiger partial charge in [-0.25, -0.2) is 14.4 Å². The van der Waals surface area contributed by atoms with E-state index >= 15 is 0 Å². The largest absolute Gasteiger partial charge is 0.448 e. The smallest absolute Gasteiger partial charge is 0.416 e. The van der Waals surface area contributed by atoms with Crippen molar-refractivity contribution in [3.05, 3.63) is 66.1 Å². The van der Waals surface area contributed by atoms with Crippen molar-refractivity contribution in [1.82, 2.24) is 14.5 Å². The van der Waals surface area contributed by atoms with Crippen LogP contribution in [-0.2, 0) is 18.0 Å². The van der Waals surface area contributed by atoms with Gasteiger partial charge in [-0.2, -0.15) is 13.2 Å². The number of hydrogen-bond donors (Lipinski definition) is 3. The molecule has 0 unspecified atom stereocenters. The molecule has 0 bridgehead atoms. The predicted molar refractivity (Wildman–Crippen MR) is 115 cm³/mol. The van der Waals surface area contributed by atoms with E-state index < -0.39 is 23.5 Å². The summed E-state index contributed by atoms with van der Waals surface area (Å²) < 4.78 is 60.3. The maximum absolute atomic E-state index is 14.1. The number of benzene rings is 1. The van der Waals surface area contributed by atoms with Crippen molar-refractivity contribution in [2.24, 2.45) is 12.8 Å². The van der Waals surface area contributed by atoms with E-state index in [0.717, 1.165) is 6.07 Å².